The smallest absolute Gasteiger partial charge is 0.261 e. The predicted molar refractivity (Wildman–Crippen MR) is 98.3 cm³/mol. The van der Waals surface area contributed by atoms with Crippen molar-refractivity contribution < 1.29 is 0 Å². The fourth-order valence-electron chi connectivity index (χ4n) is 3.57. The van der Waals surface area contributed by atoms with Crippen molar-refractivity contribution in [1.82, 2.24) is 14.5 Å². The molecule has 0 bridgehead atoms. The lowest BCUT2D eigenvalue weighted by Crippen LogP contribution is -2.11. The number of halogens is 1. The number of H-pyrrole nitrogens is 1. The summed E-state index contributed by atoms with van der Waals surface area (Å²) in [6, 6.07) is 0.485. The first kappa shape index (κ1) is 16.0. The maximum Gasteiger partial charge on any atom is 0.261 e. The van der Waals surface area contributed by atoms with Gasteiger partial charge in [0.05, 0.1) is 11.7 Å². The Hall–Kier alpha value is -0.850. The number of rotatable bonds is 1. The second-order valence-corrected chi connectivity index (χ2v) is 7.54. The van der Waals surface area contributed by atoms with Gasteiger partial charge in [0, 0.05) is 15.8 Å². The lowest BCUT2D eigenvalue weighted by Gasteiger charge is -2.19. The molecular weight excluding hydrogens is 389 g/mol. The highest BCUT2D eigenvalue weighted by molar-refractivity contribution is 14.1. The molecule has 0 spiro atoms. The number of fused-ring (bicyclic) bond motifs is 1. The van der Waals surface area contributed by atoms with E-state index in [1.54, 1.807) is 0 Å². The molecule has 0 aliphatic heterocycles. The third-order valence-electron chi connectivity index (χ3n) is 4.79. The summed E-state index contributed by atoms with van der Waals surface area (Å²) >= 11 is 2.26. The van der Waals surface area contributed by atoms with E-state index in [1.807, 2.05) is 0 Å². The van der Waals surface area contributed by atoms with Gasteiger partial charge in [-0.1, -0.05) is 51.4 Å². The molecule has 2 aromatic heterocycles. The van der Waals surface area contributed by atoms with Gasteiger partial charge >= 0.3 is 0 Å². The summed E-state index contributed by atoms with van der Waals surface area (Å²) in [6.07, 6.45) is 16.8. The van der Waals surface area contributed by atoms with Crippen LogP contribution in [0.5, 0.6) is 0 Å². The molecule has 1 N–H and O–H groups in total. The van der Waals surface area contributed by atoms with Crippen LogP contribution in [0.2, 0.25) is 0 Å². The van der Waals surface area contributed by atoms with Crippen molar-refractivity contribution in [3.8, 4) is 0 Å². The van der Waals surface area contributed by atoms with E-state index in [-0.39, 0.29) is 5.56 Å². The Kier molecular flexibility index (Phi) is 5.55. The van der Waals surface area contributed by atoms with Crippen molar-refractivity contribution in [3.63, 3.8) is 0 Å². The fourth-order valence-corrected chi connectivity index (χ4v) is 4.36. The largest absolute Gasteiger partial charge is 0.328 e. The van der Waals surface area contributed by atoms with Gasteiger partial charge in [-0.3, -0.25) is 4.79 Å². The molecule has 0 amide bonds. The molecule has 1 saturated carbocycles. The SMILES string of the molecule is O=c1[nH]cnc2c1c(I)cn2C1CCCCCCCCCC1. The van der Waals surface area contributed by atoms with E-state index in [0.29, 0.717) is 6.04 Å². The average Bonchev–Trinajstić information content (AvgIpc) is 2.82. The zero-order chi connectivity index (χ0) is 15.4. The monoisotopic (exact) mass is 413 g/mol. The van der Waals surface area contributed by atoms with Crippen LogP contribution in [0, 0.1) is 3.57 Å². The number of hydrogen-bond acceptors (Lipinski definition) is 2. The summed E-state index contributed by atoms with van der Waals surface area (Å²) in [4.78, 5) is 19.2. The molecule has 120 valence electrons. The van der Waals surface area contributed by atoms with Gasteiger partial charge in [0.1, 0.15) is 5.65 Å². The number of aromatic nitrogens is 3. The Morgan fingerprint density at radius 3 is 2.27 bits per heavy atom. The van der Waals surface area contributed by atoms with Crippen LogP contribution in [0.25, 0.3) is 11.0 Å². The Labute approximate surface area is 144 Å². The van der Waals surface area contributed by atoms with Gasteiger partial charge in [0.15, 0.2) is 0 Å². The summed E-state index contributed by atoms with van der Waals surface area (Å²) in [6.45, 7) is 0. The Bertz CT molecular complexity index is 664. The number of nitrogens with one attached hydrogen (secondary N) is 1. The zero-order valence-electron chi connectivity index (χ0n) is 13.0. The molecule has 0 unspecified atom stereocenters. The minimum Gasteiger partial charge on any atom is -0.328 e. The van der Waals surface area contributed by atoms with E-state index in [4.69, 9.17) is 0 Å². The Morgan fingerprint density at radius 1 is 1.05 bits per heavy atom. The highest BCUT2D eigenvalue weighted by Gasteiger charge is 2.18. The second kappa shape index (κ2) is 7.62. The van der Waals surface area contributed by atoms with Gasteiger partial charge in [-0.25, -0.2) is 4.98 Å². The molecule has 0 aromatic carbocycles. The molecule has 0 atom stereocenters. The maximum atomic E-state index is 12.1. The van der Waals surface area contributed by atoms with Crippen LogP contribution in [0.15, 0.2) is 17.3 Å². The minimum atomic E-state index is -0.0233. The lowest BCUT2D eigenvalue weighted by atomic mass is 10.0. The summed E-state index contributed by atoms with van der Waals surface area (Å²) in [5.74, 6) is 0. The number of hydrogen-bond donors (Lipinski definition) is 1. The second-order valence-electron chi connectivity index (χ2n) is 6.37. The molecule has 1 aliphatic rings. The van der Waals surface area contributed by atoms with E-state index >= 15 is 0 Å². The van der Waals surface area contributed by atoms with Crippen molar-refractivity contribution in [1.29, 1.82) is 0 Å². The minimum absolute atomic E-state index is 0.0233. The van der Waals surface area contributed by atoms with Crippen LogP contribution in [-0.2, 0) is 0 Å². The van der Waals surface area contributed by atoms with Crippen molar-refractivity contribution in [2.24, 2.45) is 0 Å². The lowest BCUT2D eigenvalue weighted by molar-refractivity contribution is 0.411. The first-order chi connectivity index (χ1) is 10.8. The molecular formula is C17H24IN3O. The normalized spacial score (nSPS) is 19.1. The van der Waals surface area contributed by atoms with Gasteiger partial charge in [-0.05, 0) is 35.4 Å². The van der Waals surface area contributed by atoms with E-state index in [1.165, 1.54) is 70.5 Å². The molecule has 0 radical (unpaired) electrons. The first-order valence-corrected chi connectivity index (χ1v) is 9.59. The number of nitrogens with zero attached hydrogens (tertiary/aromatic N) is 2. The van der Waals surface area contributed by atoms with Crippen molar-refractivity contribution in [2.75, 3.05) is 0 Å². The van der Waals surface area contributed by atoms with Crippen LogP contribution >= 0.6 is 22.6 Å². The van der Waals surface area contributed by atoms with Crippen LogP contribution in [-0.4, -0.2) is 14.5 Å². The number of aromatic amines is 1. The van der Waals surface area contributed by atoms with Gasteiger partial charge < -0.3 is 9.55 Å². The maximum absolute atomic E-state index is 12.1. The van der Waals surface area contributed by atoms with Gasteiger partial charge in [-0.15, -0.1) is 0 Å². The average molecular weight is 413 g/mol. The molecule has 2 aromatic rings. The summed E-state index contributed by atoms with van der Waals surface area (Å²) in [5.41, 5.74) is 0.831. The highest BCUT2D eigenvalue weighted by atomic mass is 127. The standard InChI is InChI=1S/C17H24IN3O/c18-14-11-21(16-15(14)17(22)20-12-19-16)13-9-7-5-3-1-2-4-6-8-10-13/h11-13H,1-10H2,(H,19,20,22). The van der Waals surface area contributed by atoms with Crippen LogP contribution in [0.3, 0.4) is 0 Å². The van der Waals surface area contributed by atoms with Gasteiger partial charge in [-0.2, -0.15) is 0 Å². The van der Waals surface area contributed by atoms with Crippen molar-refractivity contribution in [2.45, 2.75) is 70.3 Å². The molecule has 1 fully saturated rings. The summed E-state index contributed by atoms with van der Waals surface area (Å²) < 4.78 is 3.28. The Balaban J connectivity index is 1.89. The Morgan fingerprint density at radius 2 is 1.64 bits per heavy atom. The molecule has 2 heterocycles. The van der Waals surface area contributed by atoms with Crippen LogP contribution in [0.1, 0.15) is 70.3 Å². The molecule has 4 nitrogen and oxygen atoms in total. The van der Waals surface area contributed by atoms with Crippen LogP contribution < -0.4 is 5.56 Å². The predicted octanol–water partition coefficient (Wildman–Crippen LogP) is 4.78. The van der Waals surface area contributed by atoms with E-state index in [2.05, 4.69) is 43.3 Å². The van der Waals surface area contributed by atoms with E-state index < -0.39 is 0 Å². The third kappa shape index (κ3) is 3.55. The topological polar surface area (TPSA) is 50.7 Å². The quantitative estimate of drug-likeness (QED) is 0.684. The van der Waals surface area contributed by atoms with E-state index in [0.717, 1.165) is 14.6 Å². The van der Waals surface area contributed by atoms with Gasteiger partial charge in [0.25, 0.3) is 5.56 Å². The van der Waals surface area contributed by atoms with Gasteiger partial charge in [0.2, 0.25) is 0 Å². The van der Waals surface area contributed by atoms with E-state index in [9.17, 15) is 4.79 Å². The van der Waals surface area contributed by atoms with Crippen molar-refractivity contribution in [3.05, 3.63) is 26.4 Å². The molecule has 3 rings (SSSR count). The van der Waals surface area contributed by atoms with Crippen molar-refractivity contribution >= 4 is 33.6 Å². The third-order valence-corrected chi connectivity index (χ3v) is 5.60. The molecule has 1 aliphatic carbocycles. The molecule has 0 saturated heterocycles. The zero-order valence-corrected chi connectivity index (χ0v) is 15.1. The molecule has 22 heavy (non-hydrogen) atoms. The summed E-state index contributed by atoms with van der Waals surface area (Å²) in [7, 11) is 0. The summed E-state index contributed by atoms with van der Waals surface area (Å²) in [5, 5.41) is 0.748. The fraction of sp³-hybridized carbons (Fsp3) is 0.647. The first-order valence-electron chi connectivity index (χ1n) is 8.51. The van der Waals surface area contributed by atoms with Crippen LogP contribution in [0.4, 0.5) is 0 Å². The highest BCUT2D eigenvalue weighted by Crippen LogP contribution is 2.29. The molecule has 5 heteroatoms.